The molecule has 1 N–H and O–H groups in total. The largest absolute Gasteiger partial charge is 0.465 e. The van der Waals surface area contributed by atoms with Gasteiger partial charge in [-0.3, -0.25) is 4.79 Å². The first-order chi connectivity index (χ1) is 9.22. The molecule has 1 heterocycles. The van der Waals surface area contributed by atoms with Crippen molar-refractivity contribution in [3.8, 4) is 0 Å². The fourth-order valence-electron chi connectivity index (χ4n) is 2.07. The predicted octanol–water partition coefficient (Wildman–Crippen LogP) is 1.84. The highest BCUT2D eigenvalue weighted by Gasteiger charge is 2.23. The number of hydrogen-bond acceptors (Lipinski definition) is 4. The van der Waals surface area contributed by atoms with Gasteiger partial charge in [0.25, 0.3) is 0 Å². The van der Waals surface area contributed by atoms with E-state index < -0.39 is 5.97 Å². The van der Waals surface area contributed by atoms with Gasteiger partial charge in [0.2, 0.25) is 5.91 Å². The van der Waals surface area contributed by atoms with Crippen molar-refractivity contribution in [2.24, 2.45) is 5.92 Å². The Morgan fingerprint density at radius 1 is 1.26 bits per heavy atom. The Kier molecular flexibility index (Phi) is 4.52. The summed E-state index contributed by atoms with van der Waals surface area (Å²) in [6.45, 7) is 1.22. The molecule has 0 radical (unpaired) electrons. The molecule has 1 aliphatic rings. The molecule has 1 aliphatic heterocycles. The van der Waals surface area contributed by atoms with E-state index in [9.17, 15) is 9.59 Å². The van der Waals surface area contributed by atoms with Crippen molar-refractivity contribution in [1.82, 2.24) is 0 Å². The van der Waals surface area contributed by atoms with Crippen molar-refractivity contribution in [3.05, 3.63) is 29.8 Å². The summed E-state index contributed by atoms with van der Waals surface area (Å²) in [6, 6.07) is 6.83. The van der Waals surface area contributed by atoms with E-state index in [1.54, 1.807) is 24.3 Å². The lowest BCUT2D eigenvalue weighted by molar-refractivity contribution is -0.122. The number of carbonyl (C=O) groups excluding carboxylic acids is 2. The highest BCUT2D eigenvalue weighted by Crippen LogP contribution is 2.20. The molecule has 0 atom stereocenters. The van der Waals surface area contributed by atoms with E-state index in [1.807, 2.05) is 0 Å². The highest BCUT2D eigenvalue weighted by atomic mass is 16.5. The van der Waals surface area contributed by atoms with E-state index in [1.165, 1.54) is 7.11 Å². The van der Waals surface area contributed by atoms with Crippen LogP contribution in [-0.4, -0.2) is 32.2 Å². The molecule has 5 heteroatoms. The molecule has 0 unspecified atom stereocenters. The number of rotatable bonds is 3. The van der Waals surface area contributed by atoms with Crippen molar-refractivity contribution in [3.63, 3.8) is 0 Å². The lowest BCUT2D eigenvalue weighted by Gasteiger charge is -2.21. The maximum Gasteiger partial charge on any atom is 0.339 e. The number of benzene rings is 1. The number of ether oxygens (including phenoxy) is 2. The first-order valence-electron chi connectivity index (χ1n) is 6.28. The number of hydrogen-bond donors (Lipinski definition) is 1. The van der Waals surface area contributed by atoms with E-state index in [-0.39, 0.29) is 11.8 Å². The fraction of sp³-hybridized carbons (Fsp3) is 0.429. The van der Waals surface area contributed by atoms with E-state index in [4.69, 9.17) is 9.47 Å². The second-order valence-electron chi connectivity index (χ2n) is 4.41. The van der Waals surface area contributed by atoms with Crippen LogP contribution in [-0.2, 0) is 14.3 Å². The average Bonchev–Trinajstić information content (AvgIpc) is 2.48. The van der Waals surface area contributed by atoms with Gasteiger partial charge in [-0.2, -0.15) is 0 Å². The van der Waals surface area contributed by atoms with Crippen LogP contribution in [0.3, 0.4) is 0 Å². The number of nitrogens with one attached hydrogen (secondary N) is 1. The third kappa shape index (κ3) is 3.32. The predicted molar refractivity (Wildman–Crippen MR) is 70.0 cm³/mol. The van der Waals surface area contributed by atoms with Gasteiger partial charge in [0.15, 0.2) is 0 Å². The summed E-state index contributed by atoms with van der Waals surface area (Å²) in [5.74, 6) is -0.581. The zero-order valence-electron chi connectivity index (χ0n) is 10.8. The van der Waals surface area contributed by atoms with Gasteiger partial charge < -0.3 is 14.8 Å². The van der Waals surface area contributed by atoms with Gasteiger partial charge in [-0.25, -0.2) is 4.79 Å². The first kappa shape index (κ1) is 13.5. The zero-order valence-corrected chi connectivity index (χ0v) is 10.8. The molecule has 1 aromatic rings. The molecule has 102 valence electrons. The summed E-state index contributed by atoms with van der Waals surface area (Å²) >= 11 is 0. The van der Waals surface area contributed by atoms with Crippen LogP contribution in [0.5, 0.6) is 0 Å². The SMILES string of the molecule is COC(=O)c1ccccc1NC(=O)C1CCOCC1. The minimum absolute atomic E-state index is 0.0561. The van der Waals surface area contributed by atoms with Gasteiger partial charge in [0.05, 0.1) is 18.4 Å². The molecule has 1 aromatic carbocycles. The quantitative estimate of drug-likeness (QED) is 0.845. The van der Waals surface area contributed by atoms with Crippen LogP contribution in [0.4, 0.5) is 5.69 Å². The zero-order chi connectivity index (χ0) is 13.7. The van der Waals surface area contributed by atoms with Gasteiger partial charge in [-0.1, -0.05) is 12.1 Å². The topological polar surface area (TPSA) is 64.6 Å². The maximum absolute atomic E-state index is 12.1. The van der Waals surface area contributed by atoms with Crippen LogP contribution in [0.15, 0.2) is 24.3 Å². The Morgan fingerprint density at radius 3 is 2.63 bits per heavy atom. The van der Waals surface area contributed by atoms with Crippen LogP contribution in [0.25, 0.3) is 0 Å². The van der Waals surface area contributed by atoms with Crippen LogP contribution in [0, 0.1) is 5.92 Å². The van der Waals surface area contributed by atoms with Gasteiger partial charge in [-0.05, 0) is 25.0 Å². The molecule has 19 heavy (non-hydrogen) atoms. The van der Waals surface area contributed by atoms with Crippen molar-refractivity contribution in [2.75, 3.05) is 25.6 Å². The highest BCUT2D eigenvalue weighted by molar-refractivity contribution is 6.01. The summed E-state index contributed by atoms with van der Waals surface area (Å²) in [7, 11) is 1.32. The standard InChI is InChI=1S/C14H17NO4/c1-18-14(17)11-4-2-3-5-12(11)15-13(16)10-6-8-19-9-7-10/h2-5,10H,6-9H2,1H3,(H,15,16). The second kappa shape index (κ2) is 6.33. The monoisotopic (exact) mass is 263 g/mol. The molecular weight excluding hydrogens is 246 g/mol. The number of para-hydroxylation sites is 1. The third-order valence-corrected chi connectivity index (χ3v) is 3.18. The number of methoxy groups -OCH3 is 1. The Hall–Kier alpha value is -1.88. The molecular formula is C14H17NO4. The normalized spacial score (nSPS) is 15.8. The van der Waals surface area contributed by atoms with Crippen LogP contribution < -0.4 is 5.32 Å². The van der Waals surface area contributed by atoms with Gasteiger partial charge >= 0.3 is 5.97 Å². The number of carbonyl (C=O) groups is 2. The number of anilines is 1. The number of esters is 1. The summed E-state index contributed by atoms with van der Waals surface area (Å²) in [5, 5.41) is 2.80. The number of amides is 1. The Morgan fingerprint density at radius 2 is 1.95 bits per heavy atom. The Bertz CT molecular complexity index is 466. The molecule has 0 aliphatic carbocycles. The molecule has 0 saturated carbocycles. The molecule has 0 bridgehead atoms. The summed E-state index contributed by atoms with van der Waals surface area (Å²) < 4.78 is 9.92. The second-order valence-corrected chi connectivity index (χ2v) is 4.41. The van der Waals surface area contributed by atoms with Crippen molar-refractivity contribution in [2.45, 2.75) is 12.8 Å². The van der Waals surface area contributed by atoms with Crippen molar-refractivity contribution < 1.29 is 19.1 Å². The lowest BCUT2D eigenvalue weighted by Crippen LogP contribution is -2.29. The van der Waals surface area contributed by atoms with Crippen molar-refractivity contribution >= 4 is 17.6 Å². The first-order valence-corrected chi connectivity index (χ1v) is 6.28. The molecule has 0 aromatic heterocycles. The molecule has 5 nitrogen and oxygen atoms in total. The Labute approximate surface area is 111 Å². The van der Waals surface area contributed by atoms with Gasteiger partial charge in [0.1, 0.15) is 0 Å². The molecule has 1 amide bonds. The molecule has 1 fully saturated rings. The van der Waals surface area contributed by atoms with E-state index in [0.717, 1.165) is 0 Å². The maximum atomic E-state index is 12.1. The third-order valence-electron chi connectivity index (χ3n) is 3.18. The van der Waals surface area contributed by atoms with E-state index >= 15 is 0 Å². The Balaban J connectivity index is 2.09. The van der Waals surface area contributed by atoms with Crippen molar-refractivity contribution in [1.29, 1.82) is 0 Å². The van der Waals surface area contributed by atoms with Gasteiger partial charge in [0, 0.05) is 19.1 Å². The summed E-state index contributed by atoms with van der Waals surface area (Å²) in [4.78, 5) is 23.7. The minimum Gasteiger partial charge on any atom is -0.465 e. The average molecular weight is 263 g/mol. The molecule has 2 rings (SSSR count). The molecule has 0 spiro atoms. The summed E-state index contributed by atoms with van der Waals surface area (Å²) in [5.41, 5.74) is 0.858. The van der Waals surface area contributed by atoms with E-state index in [0.29, 0.717) is 37.3 Å². The minimum atomic E-state index is -0.456. The lowest BCUT2D eigenvalue weighted by atomic mass is 9.99. The smallest absolute Gasteiger partial charge is 0.339 e. The van der Waals surface area contributed by atoms with E-state index in [2.05, 4.69) is 5.32 Å². The fourth-order valence-corrected chi connectivity index (χ4v) is 2.07. The molecule has 1 saturated heterocycles. The van der Waals surface area contributed by atoms with Crippen LogP contribution in [0.2, 0.25) is 0 Å². The van der Waals surface area contributed by atoms with Gasteiger partial charge in [-0.15, -0.1) is 0 Å². The van der Waals surface area contributed by atoms with Crippen LogP contribution in [0.1, 0.15) is 23.2 Å². The summed E-state index contributed by atoms with van der Waals surface area (Å²) in [6.07, 6.45) is 1.43. The van der Waals surface area contributed by atoms with Crippen LogP contribution >= 0.6 is 0 Å².